The summed E-state index contributed by atoms with van der Waals surface area (Å²) in [5.41, 5.74) is 3.00. The molecule has 0 bridgehead atoms. The van der Waals surface area contributed by atoms with E-state index in [-0.39, 0.29) is 24.4 Å². The van der Waals surface area contributed by atoms with Crippen LogP contribution in [0.15, 0.2) is 0 Å². The standard InChI is InChI=1S/C12H19N5O2/c1-7-9(8(2)17(3)16-7)4-15-12(19)10-5-14-11(18)6-13-10/h10,13H,4-6H2,1-3H3,(H,14,18)(H,15,19). The summed E-state index contributed by atoms with van der Waals surface area (Å²) in [6, 6.07) is -0.366. The first-order valence-electron chi connectivity index (χ1n) is 6.26. The van der Waals surface area contributed by atoms with Gasteiger partial charge in [0, 0.05) is 31.4 Å². The smallest absolute Gasteiger partial charge is 0.239 e. The predicted octanol–water partition coefficient (Wildman–Crippen LogP) is -1.26. The van der Waals surface area contributed by atoms with Gasteiger partial charge in [-0.05, 0) is 13.8 Å². The molecule has 1 aliphatic heterocycles. The highest BCUT2D eigenvalue weighted by atomic mass is 16.2. The maximum absolute atomic E-state index is 12.0. The van der Waals surface area contributed by atoms with Gasteiger partial charge in [-0.2, -0.15) is 5.10 Å². The molecule has 0 saturated carbocycles. The van der Waals surface area contributed by atoms with Crippen molar-refractivity contribution in [3.8, 4) is 0 Å². The van der Waals surface area contributed by atoms with E-state index in [9.17, 15) is 9.59 Å². The first kappa shape index (κ1) is 13.5. The fourth-order valence-electron chi connectivity index (χ4n) is 2.12. The lowest BCUT2D eigenvalue weighted by atomic mass is 10.1. The Morgan fingerprint density at radius 1 is 1.53 bits per heavy atom. The average Bonchev–Trinajstić information content (AvgIpc) is 2.62. The van der Waals surface area contributed by atoms with Crippen LogP contribution >= 0.6 is 0 Å². The van der Waals surface area contributed by atoms with Gasteiger partial charge in [-0.1, -0.05) is 0 Å². The van der Waals surface area contributed by atoms with Crippen LogP contribution in [0.1, 0.15) is 17.0 Å². The Kier molecular flexibility index (Phi) is 3.84. The van der Waals surface area contributed by atoms with Crippen molar-refractivity contribution in [3.05, 3.63) is 17.0 Å². The van der Waals surface area contributed by atoms with Gasteiger partial charge in [0.15, 0.2) is 0 Å². The molecule has 7 heteroatoms. The Labute approximate surface area is 111 Å². The zero-order valence-electron chi connectivity index (χ0n) is 11.4. The molecule has 7 nitrogen and oxygen atoms in total. The molecule has 0 radical (unpaired) electrons. The average molecular weight is 265 g/mol. The first-order chi connectivity index (χ1) is 8.99. The van der Waals surface area contributed by atoms with Crippen molar-refractivity contribution in [3.63, 3.8) is 0 Å². The van der Waals surface area contributed by atoms with Crippen LogP contribution in [0.4, 0.5) is 0 Å². The van der Waals surface area contributed by atoms with E-state index in [2.05, 4.69) is 21.0 Å². The van der Waals surface area contributed by atoms with Crippen LogP contribution in [-0.4, -0.2) is 40.7 Å². The summed E-state index contributed by atoms with van der Waals surface area (Å²) in [6.45, 7) is 4.86. The molecule has 104 valence electrons. The summed E-state index contributed by atoms with van der Waals surface area (Å²) in [5, 5.41) is 12.7. The largest absolute Gasteiger partial charge is 0.353 e. The summed E-state index contributed by atoms with van der Waals surface area (Å²) >= 11 is 0. The van der Waals surface area contributed by atoms with Crippen molar-refractivity contribution >= 4 is 11.8 Å². The van der Waals surface area contributed by atoms with Crippen molar-refractivity contribution in [1.82, 2.24) is 25.7 Å². The number of nitrogens with one attached hydrogen (secondary N) is 3. The minimum Gasteiger partial charge on any atom is -0.353 e. The zero-order valence-corrected chi connectivity index (χ0v) is 11.4. The van der Waals surface area contributed by atoms with Crippen LogP contribution in [0.3, 0.4) is 0 Å². The van der Waals surface area contributed by atoms with Gasteiger partial charge < -0.3 is 10.6 Å². The highest BCUT2D eigenvalue weighted by Gasteiger charge is 2.23. The molecule has 2 rings (SSSR count). The zero-order chi connectivity index (χ0) is 14.0. The molecule has 1 unspecified atom stereocenters. The van der Waals surface area contributed by atoms with Gasteiger partial charge in [-0.3, -0.25) is 19.6 Å². The monoisotopic (exact) mass is 265 g/mol. The lowest BCUT2D eigenvalue weighted by Crippen LogP contribution is -2.57. The molecule has 1 aromatic heterocycles. The fourth-order valence-corrected chi connectivity index (χ4v) is 2.12. The fraction of sp³-hybridized carbons (Fsp3) is 0.583. The normalized spacial score (nSPS) is 19.1. The molecule has 3 N–H and O–H groups in total. The Morgan fingerprint density at radius 3 is 2.79 bits per heavy atom. The summed E-state index contributed by atoms with van der Waals surface area (Å²) in [5.74, 6) is -0.189. The molecule has 2 amide bonds. The maximum Gasteiger partial charge on any atom is 0.239 e. The number of carbonyl (C=O) groups is 2. The lowest BCUT2D eigenvalue weighted by Gasteiger charge is -2.23. The third kappa shape index (κ3) is 2.93. The SMILES string of the molecule is Cc1nn(C)c(C)c1CNC(=O)C1CNC(=O)CN1. The molecule has 1 saturated heterocycles. The number of nitrogens with zero attached hydrogens (tertiary/aromatic N) is 2. The van der Waals surface area contributed by atoms with Gasteiger partial charge in [-0.25, -0.2) is 0 Å². The van der Waals surface area contributed by atoms with Gasteiger partial charge in [-0.15, -0.1) is 0 Å². The third-order valence-electron chi connectivity index (χ3n) is 3.43. The van der Waals surface area contributed by atoms with Gasteiger partial charge in [0.05, 0.1) is 12.2 Å². The highest BCUT2D eigenvalue weighted by molar-refractivity contribution is 5.86. The predicted molar refractivity (Wildman–Crippen MR) is 69.3 cm³/mol. The summed E-state index contributed by atoms with van der Waals surface area (Å²) in [4.78, 5) is 22.9. The van der Waals surface area contributed by atoms with Crippen LogP contribution in [0, 0.1) is 13.8 Å². The van der Waals surface area contributed by atoms with Gasteiger partial charge in [0.2, 0.25) is 11.8 Å². The van der Waals surface area contributed by atoms with E-state index in [4.69, 9.17) is 0 Å². The second kappa shape index (κ2) is 5.40. The van der Waals surface area contributed by atoms with E-state index >= 15 is 0 Å². The van der Waals surface area contributed by atoms with E-state index in [0.717, 1.165) is 17.0 Å². The van der Waals surface area contributed by atoms with Gasteiger partial charge >= 0.3 is 0 Å². The molecule has 19 heavy (non-hydrogen) atoms. The van der Waals surface area contributed by atoms with E-state index in [1.807, 2.05) is 20.9 Å². The number of hydrogen-bond acceptors (Lipinski definition) is 4. The van der Waals surface area contributed by atoms with Crippen molar-refractivity contribution < 1.29 is 9.59 Å². The molecular weight excluding hydrogens is 246 g/mol. The molecule has 1 atom stereocenters. The second-order valence-electron chi connectivity index (χ2n) is 4.73. The van der Waals surface area contributed by atoms with Crippen molar-refractivity contribution in [1.29, 1.82) is 0 Å². The summed E-state index contributed by atoms with van der Waals surface area (Å²) in [7, 11) is 1.88. The van der Waals surface area contributed by atoms with E-state index in [0.29, 0.717) is 13.1 Å². The van der Waals surface area contributed by atoms with E-state index in [1.165, 1.54) is 0 Å². The molecule has 1 aliphatic rings. The summed E-state index contributed by atoms with van der Waals surface area (Å²) < 4.78 is 1.80. The second-order valence-corrected chi connectivity index (χ2v) is 4.73. The summed E-state index contributed by atoms with van der Waals surface area (Å²) in [6.07, 6.45) is 0. The molecule has 0 aliphatic carbocycles. The number of rotatable bonds is 3. The molecular formula is C12H19N5O2. The van der Waals surface area contributed by atoms with Crippen LogP contribution in [-0.2, 0) is 23.2 Å². The first-order valence-corrected chi connectivity index (χ1v) is 6.26. The number of carbonyl (C=O) groups excluding carboxylic acids is 2. The highest BCUT2D eigenvalue weighted by Crippen LogP contribution is 2.11. The number of aromatic nitrogens is 2. The van der Waals surface area contributed by atoms with Crippen LogP contribution in [0.5, 0.6) is 0 Å². The molecule has 1 aromatic rings. The molecule has 2 heterocycles. The van der Waals surface area contributed by atoms with Crippen molar-refractivity contribution in [2.75, 3.05) is 13.1 Å². The van der Waals surface area contributed by atoms with Crippen molar-refractivity contribution in [2.24, 2.45) is 7.05 Å². The van der Waals surface area contributed by atoms with E-state index in [1.54, 1.807) is 4.68 Å². The van der Waals surface area contributed by atoms with E-state index < -0.39 is 0 Å². The Morgan fingerprint density at radius 2 is 2.26 bits per heavy atom. The van der Waals surface area contributed by atoms with Crippen LogP contribution in [0.25, 0.3) is 0 Å². The van der Waals surface area contributed by atoms with Gasteiger partial charge in [0.25, 0.3) is 0 Å². The minimum atomic E-state index is -0.366. The topological polar surface area (TPSA) is 88.1 Å². The Bertz CT molecular complexity index is 498. The minimum absolute atomic E-state index is 0.0806. The number of aryl methyl sites for hydroxylation is 2. The Balaban J connectivity index is 1.91. The Hall–Kier alpha value is -1.89. The number of hydrogen-bond donors (Lipinski definition) is 3. The quantitative estimate of drug-likeness (QED) is 0.636. The van der Waals surface area contributed by atoms with Crippen LogP contribution in [0.2, 0.25) is 0 Å². The third-order valence-corrected chi connectivity index (χ3v) is 3.43. The van der Waals surface area contributed by atoms with Gasteiger partial charge in [0.1, 0.15) is 6.04 Å². The van der Waals surface area contributed by atoms with Crippen LogP contribution < -0.4 is 16.0 Å². The lowest BCUT2D eigenvalue weighted by molar-refractivity contribution is -0.126. The van der Waals surface area contributed by atoms with Crippen molar-refractivity contribution in [2.45, 2.75) is 26.4 Å². The molecule has 0 aromatic carbocycles. The molecule has 1 fully saturated rings. The number of piperazine rings is 1. The maximum atomic E-state index is 12.0. The number of amides is 2. The molecule has 0 spiro atoms.